The van der Waals surface area contributed by atoms with E-state index in [2.05, 4.69) is 15.9 Å². The third-order valence-corrected chi connectivity index (χ3v) is 3.14. The fourth-order valence-electron chi connectivity index (χ4n) is 1.62. The summed E-state index contributed by atoms with van der Waals surface area (Å²) in [5, 5.41) is 0. The lowest BCUT2D eigenvalue weighted by Gasteiger charge is -2.17. The second kappa shape index (κ2) is 5.31. The number of nitrogens with zero attached hydrogens (tertiary/aromatic N) is 1. The molecule has 0 atom stereocenters. The largest absolute Gasteiger partial charge is 0.309 e. The Bertz CT molecular complexity index is 568. The second-order valence-corrected chi connectivity index (χ2v) is 4.74. The zero-order valence-corrected chi connectivity index (χ0v) is 11.3. The number of para-hydroxylation sites is 1. The van der Waals surface area contributed by atoms with Gasteiger partial charge in [-0.3, -0.25) is 4.79 Å². The molecule has 4 heteroatoms. The predicted molar refractivity (Wildman–Crippen MR) is 73.3 cm³/mol. The first-order valence-corrected chi connectivity index (χ1v) is 6.17. The van der Waals surface area contributed by atoms with Gasteiger partial charge in [-0.05, 0) is 36.4 Å². The molecule has 0 N–H and O–H groups in total. The number of benzene rings is 2. The Balaban J connectivity index is 2.29. The maximum Gasteiger partial charge on any atom is 0.258 e. The molecule has 0 aliphatic carbocycles. The van der Waals surface area contributed by atoms with Gasteiger partial charge in [0.25, 0.3) is 5.91 Å². The maximum absolute atomic E-state index is 13.6. The average Bonchev–Trinajstić information content (AvgIpc) is 2.38. The normalized spacial score (nSPS) is 10.2. The van der Waals surface area contributed by atoms with Gasteiger partial charge in [-0.2, -0.15) is 0 Å². The lowest BCUT2D eigenvalue weighted by atomic mass is 10.2. The lowest BCUT2D eigenvalue weighted by molar-refractivity contribution is 0.0992. The fraction of sp³-hybridized carbons (Fsp3) is 0.0714. The van der Waals surface area contributed by atoms with Crippen molar-refractivity contribution < 1.29 is 9.18 Å². The van der Waals surface area contributed by atoms with Crippen LogP contribution in [0.5, 0.6) is 0 Å². The summed E-state index contributed by atoms with van der Waals surface area (Å²) in [5.74, 6) is -0.655. The van der Waals surface area contributed by atoms with E-state index < -0.39 is 5.82 Å². The van der Waals surface area contributed by atoms with Crippen LogP contribution in [0.4, 0.5) is 10.1 Å². The van der Waals surface area contributed by atoms with Crippen LogP contribution in [0.15, 0.2) is 53.0 Å². The van der Waals surface area contributed by atoms with E-state index in [9.17, 15) is 9.18 Å². The van der Waals surface area contributed by atoms with Crippen molar-refractivity contribution >= 4 is 27.5 Å². The molecule has 0 unspecified atom stereocenters. The number of anilines is 1. The van der Waals surface area contributed by atoms with E-state index in [0.717, 1.165) is 4.47 Å². The third-order valence-electron chi connectivity index (χ3n) is 2.61. The summed E-state index contributed by atoms with van der Waals surface area (Å²) >= 11 is 3.30. The number of carbonyl (C=O) groups excluding carboxylic acids is 1. The second-order valence-electron chi connectivity index (χ2n) is 3.82. The van der Waals surface area contributed by atoms with Gasteiger partial charge >= 0.3 is 0 Å². The highest BCUT2D eigenvalue weighted by Crippen LogP contribution is 2.20. The van der Waals surface area contributed by atoms with Crippen LogP contribution in [0, 0.1) is 5.82 Å². The van der Waals surface area contributed by atoms with Crippen molar-refractivity contribution in [2.24, 2.45) is 0 Å². The molecule has 2 rings (SSSR count). The van der Waals surface area contributed by atoms with Gasteiger partial charge < -0.3 is 4.90 Å². The highest BCUT2D eigenvalue weighted by atomic mass is 79.9. The van der Waals surface area contributed by atoms with Crippen LogP contribution in [-0.4, -0.2) is 13.0 Å². The number of amides is 1. The Kier molecular flexibility index (Phi) is 3.77. The molecule has 0 saturated carbocycles. The Hall–Kier alpha value is -1.68. The smallest absolute Gasteiger partial charge is 0.258 e. The molecule has 0 heterocycles. The van der Waals surface area contributed by atoms with Gasteiger partial charge in [-0.1, -0.05) is 28.1 Å². The molecular formula is C14H11BrFNO. The fourth-order valence-corrected chi connectivity index (χ4v) is 1.88. The lowest BCUT2D eigenvalue weighted by Crippen LogP contribution is -2.26. The van der Waals surface area contributed by atoms with Crippen molar-refractivity contribution in [3.63, 3.8) is 0 Å². The molecule has 0 aliphatic rings. The van der Waals surface area contributed by atoms with E-state index in [0.29, 0.717) is 5.56 Å². The summed E-state index contributed by atoms with van der Waals surface area (Å²) in [4.78, 5) is 13.5. The van der Waals surface area contributed by atoms with Crippen LogP contribution in [0.2, 0.25) is 0 Å². The topological polar surface area (TPSA) is 20.3 Å². The molecule has 0 saturated heterocycles. The Morgan fingerprint density at radius 2 is 1.72 bits per heavy atom. The van der Waals surface area contributed by atoms with Crippen LogP contribution in [0.1, 0.15) is 10.4 Å². The van der Waals surface area contributed by atoms with E-state index in [1.807, 2.05) is 0 Å². The molecule has 92 valence electrons. The first-order chi connectivity index (χ1) is 8.59. The minimum Gasteiger partial charge on any atom is -0.309 e. The van der Waals surface area contributed by atoms with E-state index in [-0.39, 0.29) is 11.6 Å². The van der Waals surface area contributed by atoms with Gasteiger partial charge in [0.15, 0.2) is 0 Å². The molecule has 0 fully saturated rings. The van der Waals surface area contributed by atoms with E-state index in [4.69, 9.17) is 0 Å². The summed E-state index contributed by atoms with van der Waals surface area (Å²) in [6, 6.07) is 13.2. The number of halogens is 2. The van der Waals surface area contributed by atoms with Gasteiger partial charge in [0, 0.05) is 17.1 Å². The third kappa shape index (κ3) is 2.59. The minimum absolute atomic E-state index is 0.243. The summed E-state index contributed by atoms with van der Waals surface area (Å²) in [7, 11) is 1.56. The Morgan fingerprint density at radius 1 is 1.11 bits per heavy atom. The van der Waals surface area contributed by atoms with Crippen molar-refractivity contribution in [2.45, 2.75) is 0 Å². The molecule has 2 aromatic carbocycles. The van der Waals surface area contributed by atoms with Gasteiger partial charge in [0.2, 0.25) is 0 Å². The number of carbonyl (C=O) groups is 1. The molecule has 18 heavy (non-hydrogen) atoms. The Morgan fingerprint density at radius 3 is 2.33 bits per heavy atom. The number of hydrogen-bond donors (Lipinski definition) is 0. The molecule has 0 radical (unpaired) electrons. The first kappa shape index (κ1) is 12.8. The van der Waals surface area contributed by atoms with Crippen LogP contribution >= 0.6 is 15.9 Å². The molecule has 0 spiro atoms. The first-order valence-electron chi connectivity index (χ1n) is 5.38. The van der Waals surface area contributed by atoms with Crippen molar-refractivity contribution in [3.05, 3.63) is 64.4 Å². The molecule has 0 aliphatic heterocycles. The van der Waals surface area contributed by atoms with Crippen LogP contribution < -0.4 is 4.90 Å². The van der Waals surface area contributed by atoms with Gasteiger partial charge in [-0.15, -0.1) is 0 Å². The standard InChI is InChI=1S/C14H11BrFNO/c1-17(13-5-3-2-4-12(13)16)14(18)10-6-8-11(15)9-7-10/h2-9H,1H3. The Labute approximate surface area is 113 Å². The molecular weight excluding hydrogens is 297 g/mol. The molecule has 1 amide bonds. The van der Waals surface area contributed by atoms with Crippen LogP contribution in [0.3, 0.4) is 0 Å². The van der Waals surface area contributed by atoms with E-state index in [1.54, 1.807) is 49.5 Å². The molecule has 2 aromatic rings. The SMILES string of the molecule is CN(C(=O)c1ccc(Br)cc1)c1ccccc1F. The van der Waals surface area contributed by atoms with Crippen molar-refractivity contribution in [1.82, 2.24) is 0 Å². The number of rotatable bonds is 2. The maximum atomic E-state index is 13.6. The van der Waals surface area contributed by atoms with Crippen molar-refractivity contribution in [2.75, 3.05) is 11.9 Å². The summed E-state index contributed by atoms with van der Waals surface area (Å²) < 4.78 is 14.5. The average molecular weight is 308 g/mol. The molecule has 2 nitrogen and oxygen atoms in total. The highest BCUT2D eigenvalue weighted by molar-refractivity contribution is 9.10. The number of hydrogen-bond acceptors (Lipinski definition) is 1. The summed E-state index contributed by atoms with van der Waals surface area (Å²) in [6.07, 6.45) is 0. The highest BCUT2D eigenvalue weighted by Gasteiger charge is 2.15. The summed E-state index contributed by atoms with van der Waals surface area (Å²) in [6.45, 7) is 0. The van der Waals surface area contributed by atoms with Crippen LogP contribution in [0.25, 0.3) is 0 Å². The van der Waals surface area contributed by atoms with Crippen molar-refractivity contribution in [1.29, 1.82) is 0 Å². The van der Waals surface area contributed by atoms with Gasteiger partial charge in [-0.25, -0.2) is 4.39 Å². The van der Waals surface area contributed by atoms with E-state index >= 15 is 0 Å². The zero-order chi connectivity index (χ0) is 13.1. The minimum atomic E-state index is -0.412. The quantitative estimate of drug-likeness (QED) is 0.825. The summed E-state index contributed by atoms with van der Waals surface area (Å²) in [5.41, 5.74) is 0.786. The van der Waals surface area contributed by atoms with Crippen molar-refractivity contribution in [3.8, 4) is 0 Å². The van der Waals surface area contributed by atoms with E-state index in [1.165, 1.54) is 11.0 Å². The van der Waals surface area contributed by atoms with Gasteiger partial charge in [0.1, 0.15) is 5.82 Å². The molecule has 0 aromatic heterocycles. The monoisotopic (exact) mass is 307 g/mol. The van der Waals surface area contributed by atoms with Gasteiger partial charge in [0.05, 0.1) is 5.69 Å². The zero-order valence-electron chi connectivity index (χ0n) is 9.73. The van der Waals surface area contributed by atoms with Crippen LogP contribution in [-0.2, 0) is 0 Å². The molecule has 0 bridgehead atoms. The predicted octanol–water partition coefficient (Wildman–Crippen LogP) is 3.86.